The minimum absolute atomic E-state index is 0.220. The second kappa shape index (κ2) is 7.61. The zero-order chi connectivity index (χ0) is 19.4. The van der Waals surface area contributed by atoms with E-state index in [9.17, 15) is 18.0 Å². The van der Waals surface area contributed by atoms with E-state index in [0.29, 0.717) is 6.42 Å². The summed E-state index contributed by atoms with van der Waals surface area (Å²) in [5.74, 6) is -0.789. The summed E-state index contributed by atoms with van der Waals surface area (Å²) in [6, 6.07) is 10.1. The Labute approximate surface area is 153 Å². The zero-order valence-corrected chi connectivity index (χ0v) is 14.5. The van der Waals surface area contributed by atoms with E-state index in [2.05, 4.69) is 15.4 Å². The second-order valence-electron chi connectivity index (χ2n) is 6.00. The van der Waals surface area contributed by atoms with E-state index in [4.69, 9.17) is 0 Å². The van der Waals surface area contributed by atoms with E-state index >= 15 is 0 Å². The minimum atomic E-state index is -4.67. The Bertz CT molecular complexity index is 933. The molecule has 27 heavy (non-hydrogen) atoms. The predicted molar refractivity (Wildman–Crippen MR) is 93.9 cm³/mol. The van der Waals surface area contributed by atoms with E-state index in [1.54, 1.807) is 10.9 Å². The first-order chi connectivity index (χ1) is 12.8. The number of hydrogen-bond acceptors (Lipinski definition) is 3. The van der Waals surface area contributed by atoms with Gasteiger partial charge < -0.3 is 5.32 Å². The fourth-order valence-corrected chi connectivity index (χ4v) is 2.66. The normalized spacial score (nSPS) is 11.4. The Kier molecular flexibility index (Phi) is 5.25. The lowest BCUT2D eigenvalue weighted by Gasteiger charge is -2.11. The van der Waals surface area contributed by atoms with Gasteiger partial charge in [0.05, 0.1) is 11.8 Å². The summed E-state index contributed by atoms with van der Waals surface area (Å²) < 4.78 is 40.5. The Hall–Kier alpha value is -3.16. The number of aromatic nitrogens is 3. The zero-order valence-electron chi connectivity index (χ0n) is 14.5. The molecule has 0 aliphatic carbocycles. The van der Waals surface area contributed by atoms with Gasteiger partial charge in [-0.15, -0.1) is 0 Å². The molecule has 1 amide bonds. The number of hydrogen-bond donors (Lipinski definition) is 1. The first-order valence-corrected chi connectivity index (χ1v) is 8.23. The van der Waals surface area contributed by atoms with Crippen LogP contribution < -0.4 is 5.32 Å². The van der Waals surface area contributed by atoms with E-state index in [1.807, 2.05) is 37.5 Å². The van der Waals surface area contributed by atoms with Crippen LogP contribution >= 0.6 is 0 Å². The average molecular weight is 374 g/mol. The first kappa shape index (κ1) is 18.6. The van der Waals surface area contributed by atoms with E-state index in [-0.39, 0.29) is 6.54 Å². The van der Waals surface area contributed by atoms with Crippen LogP contribution in [0, 0.1) is 0 Å². The summed E-state index contributed by atoms with van der Waals surface area (Å²) in [6.07, 6.45) is 0.517. The van der Waals surface area contributed by atoms with Gasteiger partial charge in [0.25, 0.3) is 5.91 Å². The standard InChI is InChI=1S/C19H17F3N4O/c1-26-12-15(11-25-26)14-6-4-13(5-7-14)8-10-24-18(27)16-3-2-9-23-17(16)19(20,21)22/h2-7,9,11-12H,8,10H2,1H3,(H,24,27). The third-order valence-electron chi connectivity index (χ3n) is 4.01. The molecule has 5 nitrogen and oxygen atoms in total. The summed E-state index contributed by atoms with van der Waals surface area (Å²) in [7, 11) is 1.84. The summed E-state index contributed by atoms with van der Waals surface area (Å²) in [5, 5.41) is 6.64. The number of nitrogens with one attached hydrogen (secondary N) is 1. The number of rotatable bonds is 5. The molecule has 2 aromatic heterocycles. The van der Waals surface area contributed by atoms with Gasteiger partial charge in [0, 0.05) is 31.5 Å². The molecule has 0 saturated heterocycles. The van der Waals surface area contributed by atoms with Crippen LogP contribution in [0.1, 0.15) is 21.6 Å². The van der Waals surface area contributed by atoms with Gasteiger partial charge in [0.2, 0.25) is 0 Å². The largest absolute Gasteiger partial charge is 0.434 e. The Balaban J connectivity index is 1.59. The molecule has 0 aliphatic rings. The highest BCUT2D eigenvalue weighted by molar-refractivity contribution is 5.95. The lowest BCUT2D eigenvalue weighted by atomic mass is 10.1. The van der Waals surface area contributed by atoms with Crippen LogP contribution in [0.15, 0.2) is 55.0 Å². The highest BCUT2D eigenvalue weighted by Gasteiger charge is 2.36. The van der Waals surface area contributed by atoms with Crippen molar-refractivity contribution in [2.75, 3.05) is 6.54 Å². The van der Waals surface area contributed by atoms with Gasteiger partial charge >= 0.3 is 6.18 Å². The lowest BCUT2D eigenvalue weighted by molar-refractivity contribution is -0.141. The molecule has 3 rings (SSSR count). The van der Waals surface area contributed by atoms with Crippen molar-refractivity contribution in [1.29, 1.82) is 0 Å². The monoisotopic (exact) mass is 374 g/mol. The van der Waals surface area contributed by atoms with Crippen molar-refractivity contribution in [3.05, 3.63) is 71.8 Å². The van der Waals surface area contributed by atoms with Crippen molar-refractivity contribution in [2.45, 2.75) is 12.6 Å². The fraction of sp³-hybridized carbons (Fsp3) is 0.211. The Morgan fingerprint density at radius 1 is 1.15 bits per heavy atom. The van der Waals surface area contributed by atoms with Gasteiger partial charge in [-0.2, -0.15) is 18.3 Å². The summed E-state index contributed by atoms with van der Waals surface area (Å²) in [6.45, 7) is 0.220. The number of amides is 1. The van der Waals surface area contributed by atoms with Gasteiger partial charge in [0.1, 0.15) is 0 Å². The molecule has 0 atom stereocenters. The van der Waals surface area contributed by atoms with Gasteiger partial charge in [0.15, 0.2) is 5.69 Å². The van der Waals surface area contributed by atoms with E-state index in [0.717, 1.165) is 29.0 Å². The average Bonchev–Trinajstić information content (AvgIpc) is 3.08. The van der Waals surface area contributed by atoms with E-state index < -0.39 is 23.3 Å². The predicted octanol–water partition coefficient (Wildman–Crippen LogP) is 3.47. The number of carbonyl (C=O) groups excluding carboxylic acids is 1. The summed E-state index contributed by atoms with van der Waals surface area (Å²) in [4.78, 5) is 15.4. The number of nitrogens with zero attached hydrogens (tertiary/aromatic N) is 3. The highest BCUT2D eigenvalue weighted by atomic mass is 19.4. The van der Waals surface area contributed by atoms with Crippen molar-refractivity contribution in [3.8, 4) is 11.1 Å². The second-order valence-corrected chi connectivity index (χ2v) is 6.00. The molecule has 0 aliphatic heterocycles. The molecule has 0 fully saturated rings. The number of carbonyl (C=O) groups is 1. The third-order valence-corrected chi connectivity index (χ3v) is 4.01. The molecule has 1 aromatic carbocycles. The molecule has 2 heterocycles. The number of alkyl halides is 3. The number of halogens is 3. The maximum Gasteiger partial charge on any atom is 0.434 e. The lowest BCUT2D eigenvalue weighted by Crippen LogP contribution is -2.28. The summed E-state index contributed by atoms with van der Waals surface area (Å²) >= 11 is 0. The maximum atomic E-state index is 12.9. The number of aryl methyl sites for hydroxylation is 1. The topological polar surface area (TPSA) is 59.8 Å². The van der Waals surface area contributed by atoms with Crippen LogP contribution in [0.2, 0.25) is 0 Å². The van der Waals surface area contributed by atoms with Crippen LogP contribution in [0.5, 0.6) is 0 Å². The van der Waals surface area contributed by atoms with Crippen LogP contribution in [-0.4, -0.2) is 27.2 Å². The molecule has 1 N–H and O–H groups in total. The minimum Gasteiger partial charge on any atom is -0.352 e. The fourth-order valence-electron chi connectivity index (χ4n) is 2.66. The van der Waals surface area contributed by atoms with Crippen molar-refractivity contribution >= 4 is 5.91 Å². The van der Waals surface area contributed by atoms with Crippen LogP contribution in [0.25, 0.3) is 11.1 Å². The molecule has 0 saturated carbocycles. The summed E-state index contributed by atoms with van der Waals surface area (Å²) in [5.41, 5.74) is 1.32. The first-order valence-electron chi connectivity index (χ1n) is 8.23. The van der Waals surface area contributed by atoms with Crippen molar-refractivity contribution in [1.82, 2.24) is 20.1 Å². The van der Waals surface area contributed by atoms with E-state index in [1.165, 1.54) is 6.07 Å². The van der Waals surface area contributed by atoms with Gasteiger partial charge in [-0.3, -0.25) is 14.5 Å². The molecular formula is C19H17F3N4O. The van der Waals surface area contributed by atoms with Gasteiger partial charge in [-0.25, -0.2) is 0 Å². The van der Waals surface area contributed by atoms with Crippen molar-refractivity contribution in [2.24, 2.45) is 7.05 Å². The molecule has 8 heteroatoms. The molecule has 0 spiro atoms. The smallest absolute Gasteiger partial charge is 0.352 e. The van der Waals surface area contributed by atoms with Crippen LogP contribution in [0.4, 0.5) is 13.2 Å². The maximum absolute atomic E-state index is 12.9. The highest BCUT2D eigenvalue weighted by Crippen LogP contribution is 2.29. The molecule has 140 valence electrons. The van der Waals surface area contributed by atoms with Crippen LogP contribution in [0.3, 0.4) is 0 Å². The molecule has 0 radical (unpaired) electrons. The molecular weight excluding hydrogens is 357 g/mol. The number of pyridine rings is 1. The quantitative estimate of drug-likeness (QED) is 0.744. The number of benzene rings is 1. The molecule has 3 aromatic rings. The van der Waals surface area contributed by atoms with Crippen molar-refractivity contribution < 1.29 is 18.0 Å². The van der Waals surface area contributed by atoms with Gasteiger partial charge in [-0.05, 0) is 29.7 Å². The SMILES string of the molecule is Cn1cc(-c2ccc(CCNC(=O)c3cccnc3C(F)(F)F)cc2)cn1. The Morgan fingerprint density at radius 3 is 2.52 bits per heavy atom. The van der Waals surface area contributed by atoms with Crippen LogP contribution in [-0.2, 0) is 19.6 Å². The Morgan fingerprint density at radius 2 is 1.89 bits per heavy atom. The van der Waals surface area contributed by atoms with Gasteiger partial charge in [-0.1, -0.05) is 24.3 Å². The molecule has 0 unspecified atom stereocenters. The third kappa shape index (κ3) is 4.52. The molecule has 0 bridgehead atoms. The van der Waals surface area contributed by atoms with Crippen molar-refractivity contribution in [3.63, 3.8) is 0 Å².